The molecule has 1 N–H and O–H groups in total. The van der Waals surface area contributed by atoms with Crippen molar-refractivity contribution < 1.29 is 9.13 Å². The number of ether oxygens (including phenoxy) is 1. The SMILES string of the molecule is COCC1(C)CCc2ccc(F)cc2N1. The van der Waals surface area contributed by atoms with Gasteiger partial charge in [-0.2, -0.15) is 0 Å². The van der Waals surface area contributed by atoms with E-state index in [1.165, 1.54) is 11.6 Å². The fourth-order valence-corrected chi connectivity index (χ4v) is 2.11. The van der Waals surface area contributed by atoms with E-state index >= 15 is 0 Å². The average molecular weight is 209 g/mol. The molecule has 0 saturated heterocycles. The minimum absolute atomic E-state index is 0.0739. The molecule has 1 aromatic carbocycles. The van der Waals surface area contributed by atoms with Gasteiger partial charge in [-0.25, -0.2) is 4.39 Å². The molecule has 82 valence electrons. The van der Waals surface area contributed by atoms with E-state index in [1.54, 1.807) is 13.2 Å². The molecule has 0 saturated carbocycles. The minimum atomic E-state index is -0.192. The Morgan fingerprint density at radius 2 is 2.33 bits per heavy atom. The summed E-state index contributed by atoms with van der Waals surface area (Å²) in [5.74, 6) is -0.192. The van der Waals surface area contributed by atoms with Crippen LogP contribution in [0.1, 0.15) is 18.9 Å². The van der Waals surface area contributed by atoms with E-state index in [1.807, 2.05) is 6.07 Å². The molecule has 1 atom stereocenters. The summed E-state index contributed by atoms with van der Waals surface area (Å²) < 4.78 is 18.2. The average Bonchev–Trinajstić information content (AvgIpc) is 2.17. The summed E-state index contributed by atoms with van der Waals surface area (Å²) in [6.45, 7) is 2.74. The quantitative estimate of drug-likeness (QED) is 0.808. The van der Waals surface area contributed by atoms with Gasteiger partial charge in [0, 0.05) is 12.8 Å². The van der Waals surface area contributed by atoms with Crippen LogP contribution in [0.5, 0.6) is 0 Å². The van der Waals surface area contributed by atoms with E-state index in [0.29, 0.717) is 6.61 Å². The maximum absolute atomic E-state index is 13.1. The van der Waals surface area contributed by atoms with Crippen LogP contribution in [0.3, 0.4) is 0 Å². The van der Waals surface area contributed by atoms with E-state index in [2.05, 4.69) is 12.2 Å². The molecular weight excluding hydrogens is 193 g/mol. The molecule has 15 heavy (non-hydrogen) atoms. The first-order valence-corrected chi connectivity index (χ1v) is 5.18. The van der Waals surface area contributed by atoms with Gasteiger partial charge < -0.3 is 10.1 Å². The standard InChI is InChI=1S/C12H16FNO/c1-12(8-15-2)6-5-9-3-4-10(13)7-11(9)14-12/h3-4,7,14H,5-6,8H2,1-2H3. The van der Waals surface area contributed by atoms with Crippen molar-refractivity contribution in [1.29, 1.82) is 0 Å². The van der Waals surface area contributed by atoms with Gasteiger partial charge in [-0.15, -0.1) is 0 Å². The molecule has 0 fully saturated rings. The number of anilines is 1. The first-order valence-electron chi connectivity index (χ1n) is 5.18. The summed E-state index contributed by atoms with van der Waals surface area (Å²) in [4.78, 5) is 0. The van der Waals surface area contributed by atoms with Crippen LogP contribution in [0.4, 0.5) is 10.1 Å². The predicted octanol–water partition coefficient (Wildman–Crippen LogP) is 2.59. The van der Waals surface area contributed by atoms with Gasteiger partial charge in [0.15, 0.2) is 0 Å². The number of hydrogen-bond acceptors (Lipinski definition) is 2. The molecule has 0 radical (unpaired) electrons. The third-order valence-corrected chi connectivity index (χ3v) is 2.92. The molecule has 1 aromatic rings. The van der Waals surface area contributed by atoms with E-state index in [0.717, 1.165) is 18.5 Å². The van der Waals surface area contributed by atoms with E-state index in [9.17, 15) is 4.39 Å². The zero-order valence-electron chi connectivity index (χ0n) is 9.14. The van der Waals surface area contributed by atoms with Gasteiger partial charge in [0.05, 0.1) is 12.1 Å². The molecule has 1 aliphatic rings. The van der Waals surface area contributed by atoms with Crippen LogP contribution in [-0.4, -0.2) is 19.3 Å². The Balaban J connectivity index is 2.25. The molecule has 0 amide bonds. The van der Waals surface area contributed by atoms with Crippen LogP contribution in [0, 0.1) is 5.82 Å². The van der Waals surface area contributed by atoms with Crippen molar-refractivity contribution in [2.24, 2.45) is 0 Å². The van der Waals surface area contributed by atoms with Crippen molar-refractivity contribution in [2.75, 3.05) is 19.0 Å². The third kappa shape index (κ3) is 2.12. The molecule has 3 heteroatoms. The van der Waals surface area contributed by atoms with Crippen LogP contribution < -0.4 is 5.32 Å². The number of aryl methyl sites for hydroxylation is 1. The second-order valence-corrected chi connectivity index (χ2v) is 4.42. The van der Waals surface area contributed by atoms with E-state index in [-0.39, 0.29) is 11.4 Å². The van der Waals surface area contributed by atoms with E-state index < -0.39 is 0 Å². The number of fused-ring (bicyclic) bond motifs is 1. The highest BCUT2D eigenvalue weighted by atomic mass is 19.1. The normalized spacial score (nSPS) is 24.5. The van der Waals surface area contributed by atoms with Crippen molar-refractivity contribution in [1.82, 2.24) is 0 Å². The lowest BCUT2D eigenvalue weighted by molar-refractivity contribution is 0.144. The second kappa shape index (κ2) is 3.81. The van der Waals surface area contributed by atoms with Gasteiger partial charge in [0.25, 0.3) is 0 Å². The van der Waals surface area contributed by atoms with Crippen LogP contribution in [0.2, 0.25) is 0 Å². The van der Waals surface area contributed by atoms with E-state index in [4.69, 9.17) is 4.74 Å². The van der Waals surface area contributed by atoms with Crippen molar-refractivity contribution >= 4 is 5.69 Å². The summed E-state index contributed by atoms with van der Waals surface area (Å²) >= 11 is 0. The highest BCUT2D eigenvalue weighted by Crippen LogP contribution is 2.31. The van der Waals surface area contributed by atoms with Crippen LogP contribution in [-0.2, 0) is 11.2 Å². The molecule has 0 spiro atoms. The van der Waals surface area contributed by atoms with Gasteiger partial charge in [-0.05, 0) is 37.5 Å². The molecule has 2 nitrogen and oxygen atoms in total. The molecule has 1 aliphatic heterocycles. The maximum atomic E-state index is 13.1. The Kier molecular flexibility index (Phi) is 2.65. The van der Waals surface area contributed by atoms with Crippen molar-refractivity contribution in [2.45, 2.75) is 25.3 Å². The number of methoxy groups -OCH3 is 1. The molecule has 0 bridgehead atoms. The Labute approximate surface area is 89.4 Å². The molecular formula is C12H16FNO. The molecule has 0 aliphatic carbocycles. The van der Waals surface area contributed by atoms with Crippen LogP contribution in [0.15, 0.2) is 18.2 Å². The summed E-state index contributed by atoms with van der Waals surface area (Å²) in [6.07, 6.45) is 1.99. The van der Waals surface area contributed by atoms with Crippen LogP contribution in [0.25, 0.3) is 0 Å². The van der Waals surface area contributed by atoms with Gasteiger partial charge in [0.2, 0.25) is 0 Å². The Hall–Kier alpha value is -1.09. The smallest absolute Gasteiger partial charge is 0.125 e. The Morgan fingerprint density at radius 3 is 3.07 bits per heavy atom. The highest BCUT2D eigenvalue weighted by molar-refractivity contribution is 5.55. The molecule has 1 unspecified atom stereocenters. The molecule has 1 heterocycles. The molecule has 0 aromatic heterocycles. The fourth-order valence-electron chi connectivity index (χ4n) is 2.11. The summed E-state index contributed by atoms with van der Waals surface area (Å²) in [5, 5.41) is 3.35. The predicted molar refractivity (Wildman–Crippen MR) is 58.6 cm³/mol. The largest absolute Gasteiger partial charge is 0.382 e. The lowest BCUT2D eigenvalue weighted by atomic mass is 9.88. The topological polar surface area (TPSA) is 21.3 Å². The third-order valence-electron chi connectivity index (χ3n) is 2.92. The maximum Gasteiger partial charge on any atom is 0.125 e. The second-order valence-electron chi connectivity index (χ2n) is 4.42. The zero-order valence-corrected chi connectivity index (χ0v) is 9.14. The van der Waals surface area contributed by atoms with Crippen molar-refractivity contribution in [3.05, 3.63) is 29.6 Å². The van der Waals surface area contributed by atoms with Gasteiger partial charge in [0.1, 0.15) is 5.82 Å². The monoisotopic (exact) mass is 209 g/mol. The first-order chi connectivity index (χ1) is 7.13. The Morgan fingerprint density at radius 1 is 1.53 bits per heavy atom. The summed E-state index contributed by atoms with van der Waals surface area (Å²) in [6, 6.07) is 4.92. The lowest BCUT2D eigenvalue weighted by Gasteiger charge is -2.36. The first kappa shape index (κ1) is 10.4. The Bertz CT molecular complexity index is 367. The van der Waals surface area contributed by atoms with Crippen molar-refractivity contribution in [3.63, 3.8) is 0 Å². The number of rotatable bonds is 2. The zero-order chi connectivity index (χ0) is 10.9. The van der Waals surface area contributed by atoms with Crippen LogP contribution >= 0.6 is 0 Å². The number of benzene rings is 1. The number of nitrogens with one attached hydrogen (secondary N) is 1. The van der Waals surface area contributed by atoms with Gasteiger partial charge in [-0.3, -0.25) is 0 Å². The highest BCUT2D eigenvalue weighted by Gasteiger charge is 2.28. The van der Waals surface area contributed by atoms with Crippen molar-refractivity contribution in [3.8, 4) is 0 Å². The summed E-state index contributed by atoms with van der Waals surface area (Å²) in [7, 11) is 1.69. The van der Waals surface area contributed by atoms with Gasteiger partial charge >= 0.3 is 0 Å². The number of hydrogen-bond donors (Lipinski definition) is 1. The summed E-state index contributed by atoms with van der Waals surface area (Å²) in [5.41, 5.74) is 2.01. The number of halogens is 1. The van der Waals surface area contributed by atoms with Gasteiger partial charge in [-0.1, -0.05) is 6.07 Å². The lowest BCUT2D eigenvalue weighted by Crippen LogP contribution is -2.42. The molecule has 2 rings (SSSR count). The minimum Gasteiger partial charge on any atom is -0.382 e. The fraction of sp³-hybridized carbons (Fsp3) is 0.500.